The molecule has 20 heavy (non-hydrogen) atoms. The molecule has 0 fully saturated rings. The normalized spacial score (nSPS) is 11.2. The molecule has 102 valence electrons. The van der Waals surface area contributed by atoms with Crippen LogP contribution >= 0.6 is 23.7 Å². The molecule has 0 unspecified atom stereocenters. The van der Waals surface area contributed by atoms with E-state index >= 15 is 0 Å². The van der Waals surface area contributed by atoms with Gasteiger partial charge in [-0.2, -0.15) is 5.10 Å². The number of fused-ring (bicyclic) bond motifs is 1. The molecule has 2 heterocycles. The van der Waals surface area contributed by atoms with Crippen LogP contribution in [0.5, 0.6) is 0 Å². The first kappa shape index (κ1) is 14.4. The van der Waals surface area contributed by atoms with Gasteiger partial charge in [0.05, 0.1) is 21.6 Å². The quantitative estimate of drug-likeness (QED) is 0.589. The summed E-state index contributed by atoms with van der Waals surface area (Å²) in [4.78, 5) is 8.70. The lowest BCUT2D eigenvalue weighted by molar-refractivity contribution is 1.24. The molecule has 2 aromatic heterocycles. The van der Waals surface area contributed by atoms with Crippen LogP contribution in [0.4, 0.5) is 5.13 Å². The van der Waals surface area contributed by atoms with E-state index in [1.54, 1.807) is 17.5 Å². The van der Waals surface area contributed by atoms with Crippen LogP contribution in [0.3, 0.4) is 0 Å². The topological polar surface area (TPSA) is 50.2 Å². The van der Waals surface area contributed by atoms with Gasteiger partial charge in [0.1, 0.15) is 0 Å². The lowest BCUT2D eigenvalue weighted by Crippen LogP contribution is -2.01. The maximum absolute atomic E-state index is 4.46. The van der Waals surface area contributed by atoms with Crippen LogP contribution in [-0.2, 0) is 0 Å². The van der Waals surface area contributed by atoms with E-state index in [1.165, 1.54) is 0 Å². The Labute approximate surface area is 127 Å². The third-order valence-corrected chi connectivity index (χ3v) is 3.59. The van der Waals surface area contributed by atoms with E-state index in [4.69, 9.17) is 0 Å². The van der Waals surface area contributed by atoms with E-state index < -0.39 is 0 Å². The van der Waals surface area contributed by atoms with Gasteiger partial charge in [0, 0.05) is 6.20 Å². The zero-order chi connectivity index (χ0) is 13.1. The van der Waals surface area contributed by atoms with Gasteiger partial charge < -0.3 is 0 Å². The number of rotatable bonds is 3. The maximum atomic E-state index is 4.46. The van der Waals surface area contributed by atoms with Crippen molar-refractivity contribution in [2.24, 2.45) is 5.10 Å². The summed E-state index contributed by atoms with van der Waals surface area (Å²) >= 11 is 1.58. The number of halogens is 1. The number of benzene rings is 1. The first-order valence-electron chi connectivity index (χ1n) is 5.90. The number of hydrogen-bond donors (Lipinski definition) is 1. The second-order valence-electron chi connectivity index (χ2n) is 4.01. The van der Waals surface area contributed by atoms with Crippen molar-refractivity contribution in [3.8, 4) is 0 Å². The van der Waals surface area contributed by atoms with Crippen molar-refractivity contribution in [1.82, 2.24) is 9.97 Å². The number of nitrogens with one attached hydrogen (secondary N) is 1. The molecule has 0 aliphatic heterocycles. The van der Waals surface area contributed by atoms with Crippen LogP contribution in [-0.4, -0.2) is 15.7 Å². The molecule has 0 saturated carbocycles. The van der Waals surface area contributed by atoms with Gasteiger partial charge in [-0.25, -0.2) is 4.98 Å². The van der Waals surface area contributed by atoms with Gasteiger partial charge in [0.15, 0.2) is 0 Å². The summed E-state index contributed by atoms with van der Waals surface area (Å²) in [6, 6.07) is 13.8. The monoisotopic (exact) mass is 304 g/mol. The molecule has 3 aromatic rings. The molecule has 0 saturated heterocycles. The van der Waals surface area contributed by atoms with Crippen molar-refractivity contribution in [3.05, 3.63) is 54.4 Å². The number of hydrazone groups is 1. The molecule has 0 aliphatic carbocycles. The minimum absolute atomic E-state index is 0. The third kappa shape index (κ3) is 3.12. The number of aromatic nitrogens is 2. The Morgan fingerprint density at radius 3 is 2.70 bits per heavy atom. The van der Waals surface area contributed by atoms with Gasteiger partial charge >= 0.3 is 0 Å². The van der Waals surface area contributed by atoms with Crippen LogP contribution in [0, 0.1) is 0 Å². The summed E-state index contributed by atoms with van der Waals surface area (Å²) in [6.07, 6.45) is 1.76. The Morgan fingerprint density at radius 1 is 1.15 bits per heavy atom. The zero-order valence-corrected chi connectivity index (χ0v) is 12.4. The Kier molecular flexibility index (Phi) is 4.65. The Hall–Kier alpha value is -1.98. The van der Waals surface area contributed by atoms with E-state index in [-0.39, 0.29) is 12.4 Å². The molecular weight excluding hydrogens is 292 g/mol. The molecule has 1 aromatic carbocycles. The van der Waals surface area contributed by atoms with E-state index in [1.807, 2.05) is 49.4 Å². The number of para-hydroxylation sites is 1. The fraction of sp³-hybridized carbons (Fsp3) is 0.0714. The first-order valence-corrected chi connectivity index (χ1v) is 6.72. The molecule has 3 rings (SSSR count). The Bertz CT molecular complexity index is 691. The average Bonchev–Trinajstić information content (AvgIpc) is 2.88. The van der Waals surface area contributed by atoms with Crippen molar-refractivity contribution in [1.29, 1.82) is 0 Å². The molecular formula is C14H13ClN4S. The molecule has 0 aliphatic rings. The van der Waals surface area contributed by atoms with Crippen LogP contribution in [0.2, 0.25) is 0 Å². The van der Waals surface area contributed by atoms with Gasteiger partial charge in [-0.05, 0) is 31.2 Å². The minimum atomic E-state index is 0. The molecule has 0 atom stereocenters. The summed E-state index contributed by atoms with van der Waals surface area (Å²) in [7, 11) is 0. The highest BCUT2D eigenvalue weighted by atomic mass is 35.5. The third-order valence-electron chi connectivity index (χ3n) is 2.65. The standard InChI is InChI=1S/C14H12N4S.ClH/c1-10(11-6-4-5-9-15-11)17-18-14-16-12-7-2-3-8-13(12)19-14;/h2-9H,1H3,(H,16,18);1H. The van der Waals surface area contributed by atoms with Crippen LogP contribution in [0.1, 0.15) is 12.6 Å². The fourth-order valence-electron chi connectivity index (χ4n) is 1.69. The molecule has 4 nitrogen and oxygen atoms in total. The Balaban J connectivity index is 0.00000147. The highest BCUT2D eigenvalue weighted by Crippen LogP contribution is 2.25. The van der Waals surface area contributed by atoms with Crippen molar-refractivity contribution in [2.45, 2.75) is 6.92 Å². The molecule has 0 bridgehead atoms. The number of nitrogens with zero attached hydrogens (tertiary/aromatic N) is 3. The first-order chi connectivity index (χ1) is 9.33. The number of pyridine rings is 1. The number of thiazole rings is 1. The molecule has 6 heteroatoms. The fourth-order valence-corrected chi connectivity index (χ4v) is 2.49. The molecule has 0 radical (unpaired) electrons. The zero-order valence-electron chi connectivity index (χ0n) is 10.8. The Morgan fingerprint density at radius 2 is 1.95 bits per heavy atom. The molecule has 0 spiro atoms. The summed E-state index contributed by atoms with van der Waals surface area (Å²) in [5, 5.41) is 5.10. The maximum Gasteiger partial charge on any atom is 0.204 e. The summed E-state index contributed by atoms with van der Waals surface area (Å²) in [5.41, 5.74) is 5.67. The summed E-state index contributed by atoms with van der Waals surface area (Å²) in [6.45, 7) is 1.92. The van der Waals surface area contributed by atoms with Crippen molar-refractivity contribution >= 4 is 44.8 Å². The lowest BCUT2D eigenvalue weighted by Gasteiger charge is -1.99. The van der Waals surface area contributed by atoms with Gasteiger partial charge in [-0.3, -0.25) is 10.4 Å². The lowest BCUT2D eigenvalue weighted by atomic mass is 10.3. The number of hydrogen-bond acceptors (Lipinski definition) is 5. The van der Waals surface area contributed by atoms with Crippen LogP contribution < -0.4 is 5.43 Å². The van der Waals surface area contributed by atoms with Gasteiger partial charge in [0.2, 0.25) is 5.13 Å². The van der Waals surface area contributed by atoms with Gasteiger partial charge in [-0.15, -0.1) is 12.4 Å². The number of anilines is 1. The molecule has 1 N–H and O–H groups in total. The summed E-state index contributed by atoms with van der Waals surface area (Å²) in [5.74, 6) is 0. The van der Waals surface area contributed by atoms with Crippen LogP contribution in [0.25, 0.3) is 10.2 Å². The SMILES string of the molecule is CC(=NNc1nc2ccccc2s1)c1ccccn1.Cl. The predicted octanol–water partition coefficient (Wildman–Crippen LogP) is 3.95. The second-order valence-corrected chi connectivity index (χ2v) is 5.04. The highest BCUT2D eigenvalue weighted by molar-refractivity contribution is 7.22. The van der Waals surface area contributed by atoms with Crippen molar-refractivity contribution in [2.75, 3.05) is 5.43 Å². The highest BCUT2D eigenvalue weighted by Gasteiger charge is 2.02. The van der Waals surface area contributed by atoms with Crippen LogP contribution in [0.15, 0.2) is 53.8 Å². The smallest absolute Gasteiger partial charge is 0.204 e. The largest absolute Gasteiger partial charge is 0.255 e. The van der Waals surface area contributed by atoms with E-state index in [2.05, 4.69) is 20.5 Å². The van der Waals surface area contributed by atoms with Crippen molar-refractivity contribution < 1.29 is 0 Å². The minimum Gasteiger partial charge on any atom is -0.255 e. The van der Waals surface area contributed by atoms with Gasteiger partial charge in [0.25, 0.3) is 0 Å². The van der Waals surface area contributed by atoms with Crippen molar-refractivity contribution in [3.63, 3.8) is 0 Å². The summed E-state index contributed by atoms with van der Waals surface area (Å²) < 4.78 is 1.15. The van der Waals surface area contributed by atoms with E-state index in [9.17, 15) is 0 Å². The van der Waals surface area contributed by atoms with Gasteiger partial charge in [-0.1, -0.05) is 29.5 Å². The predicted molar refractivity (Wildman–Crippen MR) is 86.9 cm³/mol. The van der Waals surface area contributed by atoms with E-state index in [0.717, 1.165) is 26.8 Å². The average molecular weight is 305 g/mol. The second kappa shape index (κ2) is 6.45. The van der Waals surface area contributed by atoms with E-state index in [0.29, 0.717) is 0 Å². The molecule has 0 amide bonds.